The zero-order valence-electron chi connectivity index (χ0n) is 9.00. The lowest BCUT2D eigenvalue weighted by Gasteiger charge is -2.17. The molecule has 0 saturated heterocycles. The van der Waals surface area contributed by atoms with Gasteiger partial charge in [0.2, 0.25) is 0 Å². The third kappa shape index (κ3) is 3.47. The monoisotopic (exact) mass is 230 g/mol. The molecule has 1 aromatic carbocycles. The first-order chi connectivity index (χ1) is 7.04. The van der Waals surface area contributed by atoms with Crippen molar-refractivity contribution in [1.29, 1.82) is 0 Å². The lowest BCUT2D eigenvalue weighted by Crippen LogP contribution is -2.18. The number of hydrogen-bond acceptors (Lipinski definition) is 1. The molecule has 0 aliphatic carbocycles. The summed E-state index contributed by atoms with van der Waals surface area (Å²) in [6, 6.07) is 4.69. The third-order valence-electron chi connectivity index (χ3n) is 2.62. The highest BCUT2D eigenvalue weighted by Gasteiger charge is 2.13. The van der Waals surface area contributed by atoms with Crippen molar-refractivity contribution in [1.82, 2.24) is 0 Å². The summed E-state index contributed by atoms with van der Waals surface area (Å²) in [6.45, 7) is 3.92. The molecule has 84 valence electrons. The molecule has 0 aliphatic rings. The van der Waals surface area contributed by atoms with Crippen LogP contribution in [0.4, 0.5) is 4.39 Å². The summed E-state index contributed by atoms with van der Waals surface area (Å²) in [4.78, 5) is 0. The van der Waals surface area contributed by atoms with Gasteiger partial charge in [0.1, 0.15) is 5.82 Å². The highest BCUT2D eigenvalue weighted by molar-refractivity contribution is 6.30. The van der Waals surface area contributed by atoms with E-state index in [1.807, 2.05) is 13.8 Å². The van der Waals surface area contributed by atoms with Gasteiger partial charge in [0, 0.05) is 0 Å². The summed E-state index contributed by atoms with van der Waals surface area (Å²) in [7, 11) is 0. The zero-order valence-corrected chi connectivity index (χ0v) is 9.76. The summed E-state index contributed by atoms with van der Waals surface area (Å²) in [5, 5.41) is 9.75. The van der Waals surface area contributed by atoms with E-state index in [0.29, 0.717) is 0 Å². The minimum Gasteiger partial charge on any atom is -0.393 e. The van der Waals surface area contributed by atoms with Gasteiger partial charge < -0.3 is 5.11 Å². The quantitative estimate of drug-likeness (QED) is 0.840. The molecular weight excluding hydrogens is 215 g/mol. The second-order valence-electron chi connectivity index (χ2n) is 3.91. The van der Waals surface area contributed by atoms with Crippen LogP contribution in [0, 0.1) is 11.7 Å². The maximum absolute atomic E-state index is 12.9. The maximum Gasteiger partial charge on any atom is 0.141 e. The van der Waals surface area contributed by atoms with E-state index in [-0.39, 0.29) is 17.0 Å². The molecule has 1 aromatic rings. The Labute approximate surface area is 94.9 Å². The lowest BCUT2D eigenvalue weighted by molar-refractivity contribution is 0.113. The molecule has 0 aromatic heterocycles. The molecule has 2 atom stereocenters. The predicted octanol–water partition coefficient (Wildman–Crippen LogP) is 3.43. The zero-order chi connectivity index (χ0) is 11.4. The Balaban J connectivity index is 2.68. The average Bonchev–Trinajstić information content (AvgIpc) is 2.22. The van der Waals surface area contributed by atoms with Crippen molar-refractivity contribution in [3.63, 3.8) is 0 Å². The van der Waals surface area contributed by atoms with Crippen LogP contribution in [0.1, 0.15) is 25.8 Å². The molecule has 15 heavy (non-hydrogen) atoms. The fourth-order valence-electron chi connectivity index (χ4n) is 1.58. The van der Waals surface area contributed by atoms with Crippen LogP contribution < -0.4 is 0 Å². The Hall–Kier alpha value is -0.600. The van der Waals surface area contributed by atoms with Crippen molar-refractivity contribution in [2.24, 2.45) is 5.92 Å². The molecule has 0 amide bonds. The average molecular weight is 231 g/mol. The topological polar surface area (TPSA) is 20.2 Å². The van der Waals surface area contributed by atoms with Gasteiger partial charge in [0.15, 0.2) is 0 Å². The number of rotatable bonds is 4. The third-order valence-corrected chi connectivity index (χ3v) is 2.91. The first-order valence-electron chi connectivity index (χ1n) is 5.16. The molecular formula is C12H16ClFO. The highest BCUT2D eigenvalue weighted by atomic mass is 35.5. The van der Waals surface area contributed by atoms with Gasteiger partial charge in [-0.05, 0) is 36.5 Å². The first-order valence-corrected chi connectivity index (χ1v) is 5.54. The van der Waals surface area contributed by atoms with E-state index in [9.17, 15) is 9.50 Å². The number of halogens is 2. The van der Waals surface area contributed by atoms with Crippen molar-refractivity contribution >= 4 is 11.6 Å². The summed E-state index contributed by atoms with van der Waals surface area (Å²) in [5.41, 5.74) is 0.960. The Morgan fingerprint density at radius 2 is 2.13 bits per heavy atom. The number of aliphatic hydroxyl groups excluding tert-OH is 1. The van der Waals surface area contributed by atoms with E-state index in [1.165, 1.54) is 6.07 Å². The molecule has 1 rings (SSSR count). The van der Waals surface area contributed by atoms with Crippen LogP contribution in [0.25, 0.3) is 0 Å². The van der Waals surface area contributed by atoms with Gasteiger partial charge in [0.25, 0.3) is 0 Å². The maximum atomic E-state index is 12.9. The van der Waals surface area contributed by atoms with Gasteiger partial charge in [-0.3, -0.25) is 0 Å². The lowest BCUT2D eigenvalue weighted by atomic mass is 9.94. The van der Waals surface area contributed by atoms with E-state index in [2.05, 4.69) is 0 Å². The molecule has 1 nitrogen and oxygen atoms in total. The molecule has 0 heterocycles. The van der Waals surface area contributed by atoms with Crippen molar-refractivity contribution < 1.29 is 9.50 Å². The Bertz CT molecular complexity index is 327. The normalized spacial score (nSPS) is 15.0. The largest absolute Gasteiger partial charge is 0.393 e. The van der Waals surface area contributed by atoms with Crippen LogP contribution in [0.3, 0.4) is 0 Å². The van der Waals surface area contributed by atoms with Gasteiger partial charge in [-0.25, -0.2) is 4.39 Å². The number of aliphatic hydroxyl groups is 1. The van der Waals surface area contributed by atoms with E-state index < -0.39 is 5.82 Å². The first kappa shape index (κ1) is 12.5. The van der Waals surface area contributed by atoms with Crippen LogP contribution >= 0.6 is 11.6 Å². The van der Waals surface area contributed by atoms with Crippen LogP contribution in [0.2, 0.25) is 5.02 Å². The highest BCUT2D eigenvalue weighted by Crippen LogP contribution is 2.20. The molecule has 0 fully saturated rings. The number of hydrogen-bond donors (Lipinski definition) is 1. The molecule has 0 radical (unpaired) electrons. The van der Waals surface area contributed by atoms with Gasteiger partial charge in [-0.1, -0.05) is 31.5 Å². The summed E-state index contributed by atoms with van der Waals surface area (Å²) < 4.78 is 12.9. The van der Waals surface area contributed by atoms with Gasteiger partial charge in [-0.15, -0.1) is 0 Å². The Kier molecular flexibility index (Phi) is 4.55. The SMILES string of the molecule is CCC(O)C(C)Cc1ccc(F)c(Cl)c1. The minimum absolute atomic E-state index is 0.144. The molecule has 0 saturated carbocycles. The summed E-state index contributed by atoms with van der Waals surface area (Å²) >= 11 is 5.67. The second-order valence-corrected chi connectivity index (χ2v) is 4.31. The molecule has 1 N–H and O–H groups in total. The predicted molar refractivity (Wildman–Crippen MR) is 60.6 cm³/mol. The van der Waals surface area contributed by atoms with Gasteiger partial charge in [-0.2, -0.15) is 0 Å². The van der Waals surface area contributed by atoms with E-state index in [1.54, 1.807) is 12.1 Å². The standard InChI is InChI=1S/C12H16ClFO/c1-3-12(15)8(2)6-9-4-5-11(14)10(13)7-9/h4-5,7-8,12,15H,3,6H2,1-2H3. The smallest absolute Gasteiger partial charge is 0.141 e. The number of benzene rings is 1. The molecule has 0 spiro atoms. The van der Waals surface area contributed by atoms with E-state index in [0.717, 1.165) is 18.4 Å². The summed E-state index contributed by atoms with van der Waals surface area (Å²) in [6.07, 6.45) is 1.14. The van der Waals surface area contributed by atoms with Crippen LogP contribution in [0.15, 0.2) is 18.2 Å². The minimum atomic E-state index is -0.399. The van der Waals surface area contributed by atoms with Crippen molar-refractivity contribution in [3.05, 3.63) is 34.6 Å². The molecule has 0 bridgehead atoms. The Morgan fingerprint density at radius 1 is 1.47 bits per heavy atom. The van der Waals surface area contributed by atoms with Gasteiger partial charge >= 0.3 is 0 Å². The molecule has 2 unspecified atom stereocenters. The van der Waals surface area contributed by atoms with Crippen LogP contribution in [-0.4, -0.2) is 11.2 Å². The molecule has 0 aliphatic heterocycles. The summed E-state index contributed by atoms with van der Waals surface area (Å²) in [5.74, 6) is -0.236. The van der Waals surface area contributed by atoms with Crippen LogP contribution in [-0.2, 0) is 6.42 Å². The van der Waals surface area contributed by atoms with Crippen molar-refractivity contribution in [2.75, 3.05) is 0 Å². The van der Waals surface area contributed by atoms with Crippen molar-refractivity contribution in [3.8, 4) is 0 Å². The fraction of sp³-hybridized carbons (Fsp3) is 0.500. The van der Waals surface area contributed by atoms with Crippen LogP contribution in [0.5, 0.6) is 0 Å². The second kappa shape index (κ2) is 5.47. The van der Waals surface area contributed by atoms with E-state index in [4.69, 9.17) is 11.6 Å². The Morgan fingerprint density at radius 3 is 2.67 bits per heavy atom. The van der Waals surface area contributed by atoms with Gasteiger partial charge in [0.05, 0.1) is 11.1 Å². The molecule has 3 heteroatoms. The fourth-order valence-corrected chi connectivity index (χ4v) is 1.78. The van der Waals surface area contributed by atoms with E-state index >= 15 is 0 Å². The van der Waals surface area contributed by atoms with Crippen molar-refractivity contribution in [2.45, 2.75) is 32.8 Å².